The number of hydrogen-bond donors (Lipinski definition) is 1. The molecule has 1 unspecified atom stereocenters. The second kappa shape index (κ2) is 5.98. The zero-order valence-electron chi connectivity index (χ0n) is 9.21. The maximum absolute atomic E-state index is 13.5. The van der Waals surface area contributed by atoms with Crippen molar-refractivity contribution in [2.45, 2.75) is 12.5 Å². The van der Waals surface area contributed by atoms with Crippen LogP contribution in [-0.2, 0) is 0 Å². The molecule has 2 nitrogen and oxygen atoms in total. The zero-order chi connectivity index (χ0) is 12.3. The fourth-order valence-electron chi connectivity index (χ4n) is 1.80. The topological polar surface area (TPSA) is 29.1 Å². The van der Waals surface area contributed by atoms with Crippen molar-refractivity contribution in [1.29, 1.82) is 0 Å². The molecule has 0 saturated carbocycles. The van der Waals surface area contributed by atoms with Gasteiger partial charge < -0.3 is 5.32 Å². The second-order valence-corrected chi connectivity index (χ2v) is 6.04. The second-order valence-electron chi connectivity index (χ2n) is 3.98. The van der Waals surface area contributed by atoms with E-state index >= 15 is 0 Å². The lowest BCUT2D eigenvalue weighted by Crippen LogP contribution is -2.39. The van der Waals surface area contributed by atoms with Crippen LogP contribution < -0.4 is 5.32 Å². The van der Waals surface area contributed by atoms with Crippen LogP contribution in [-0.4, -0.2) is 29.9 Å². The predicted octanol–water partition coefficient (Wildman–Crippen LogP) is 2.87. The highest BCUT2D eigenvalue weighted by Crippen LogP contribution is 2.19. The predicted molar refractivity (Wildman–Crippen MR) is 72.2 cm³/mol. The van der Waals surface area contributed by atoms with Crippen molar-refractivity contribution < 1.29 is 9.18 Å². The van der Waals surface area contributed by atoms with E-state index in [0.717, 1.165) is 22.5 Å². The Labute approximate surface area is 112 Å². The zero-order valence-corrected chi connectivity index (χ0v) is 11.6. The van der Waals surface area contributed by atoms with Crippen molar-refractivity contribution in [1.82, 2.24) is 5.32 Å². The average Bonchev–Trinajstić information content (AvgIpc) is 2.33. The SMILES string of the molecule is O=C(CC1CSCCN1)c1cc(Br)ccc1F. The highest BCUT2D eigenvalue weighted by atomic mass is 79.9. The molecule has 92 valence electrons. The number of Topliss-reactive ketones (excluding diaryl/α,β-unsaturated/α-hetero) is 1. The molecule has 1 aromatic rings. The van der Waals surface area contributed by atoms with Crippen molar-refractivity contribution in [2.75, 3.05) is 18.1 Å². The van der Waals surface area contributed by atoms with E-state index in [1.165, 1.54) is 6.07 Å². The lowest BCUT2D eigenvalue weighted by atomic mass is 10.0. The van der Waals surface area contributed by atoms with Crippen LogP contribution in [0, 0.1) is 5.82 Å². The lowest BCUT2D eigenvalue weighted by Gasteiger charge is -2.22. The van der Waals surface area contributed by atoms with E-state index in [1.54, 1.807) is 12.1 Å². The number of ketones is 1. The number of carbonyl (C=O) groups excluding carboxylic acids is 1. The molecule has 17 heavy (non-hydrogen) atoms. The maximum Gasteiger partial charge on any atom is 0.167 e. The summed E-state index contributed by atoms with van der Waals surface area (Å²) in [5.41, 5.74) is 0.178. The Hall–Kier alpha value is -0.390. The minimum atomic E-state index is -0.443. The van der Waals surface area contributed by atoms with Crippen LogP contribution in [0.2, 0.25) is 0 Å². The minimum Gasteiger partial charge on any atom is -0.312 e. The Balaban J connectivity index is 2.05. The van der Waals surface area contributed by atoms with Gasteiger partial charge in [-0.1, -0.05) is 15.9 Å². The van der Waals surface area contributed by atoms with Gasteiger partial charge in [-0.05, 0) is 18.2 Å². The summed E-state index contributed by atoms with van der Waals surface area (Å²) in [6.45, 7) is 0.920. The molecule has 2 rings (SSSR count). The normalized spacial score (nSPS) is 20.2. The molecule has 0 spiro atoms. The van der Waals surface area contributed by atoms with Gasteiger partial charge in [0.15, 0.2) is 5.78 Å². The number of nitrogens with one attached hydrogen (secondary N) is 1. The molecule has 5 heteroatoms. The Morgan fingerprint density at radius 1 is 1.59 bits per heavy atom. The van der Waals surface area contributed by atoms with Gasteiger partial charge in [0, 0.05) is 35.0 Å². The fraction of sp³-hybridized carbons (Fsp3) is 0.417. The number of carbonyl (C=O) groups is 1. The van der Waals surface area contributed by atoms with E-state index in [1.807, 2.05) is 11.8 Å². The molecular formula is C12H13BrFNOS. The molecule has 1 aliphatic rings. The van der Waals surface area contributed by atoms with E-state index < -0.39 is 5.82 Å². The summed E-state index contributed by atoms with van der Waals surface area (Å²) < 4.78 is 14.2. The smallest absolute Gasteiger partial charge is 0.167 e. The van der Waals surface area contributed by atoms with Crippen LogP contribution >= 0.6 is 27.7 Å². The van der Waals surface area contributed by atoms with Gasteiger partial charge in [0.25, 0.3) is 0 Å². The summed E-state index contributed by atoms with van der Waals surface area (Å²) in [6, 6.07) is 4.63. The first-order valence-electron chi connectivity index (χ1n) is 5.46. The van der Waals surface area contributed by atoms with Crippen LogP contribution in [0.4, 0.5) is 4.39 Å². The Morgan fingerprint density at radius 2 is 2.41 bits per heavy atom. The summed E-state index contributed by atoms with van der Waals surface area (Å²) in [4.78, 5) is 12.0. The van der Waals surface area contributed by atoms with Crippen LogP contribution in [0.3, 0.4) is 0 Å². The molecule has 0 amide bonds. The number of benzene rings is 1. The van der Waals surface area contributed by atoms with E-state index in [9.17, 15) is 9.18 Å². The van der Waals surface area contributed by atoms with E-state index in [0.29, 0.717) is 6.42 Å². The van der Waals surface area contributed by atoms with Gasteiger partial charge in [0.05, 0.1) is 5.56 Å². The van der Waals surface area contributed by atoms with Crippen molar-refractivity contribution >= 4 is 33.5 Å². The highest BCUT2D eigenvalue weighted by Gasteiger charge is 2.19. The first kappa shape index (κ1) is 13.1. The Kier molecular flexibility index (Phi) is 4.59. The number of hydrogen-bond acceptors (Lipinski definition) is 3. The third-order valence-electron chi connectivity index (χ3n) is 2.66. The van der Waals surface area contributed by atoms with Crippen LogP contribution in [0.1, 0.15) is 16.8 Å². The van der Waals surface area contributed by atoms with Crippen LogP contribution in [0.25, 0.3) is 0 Å². The molecular weight excluding hydrogens is 305 g/mol. The maximum atomic E-state index is 13.5. The van der Waals surface area contributed by atoms with Gasteiger partial charge in [-0.2, -0.15) is 11.8 Å². The van der Waals surface area contributed by atoms with E-state index in [4.69, 9.17) is 0 Å². The summed E-state index contributed by atoms with van der Waals surface area (Å²) in [5.74, 6) is 1.42. The first-order chi connectivity index (χ1) is 8.16. The van der Waals surface area contributed by atoms with Crippen LogP contribution in [0.5, 0.6) is 0 Å². The van der Waals surface area contributed by atoms with Gasteiger partial charge >= 0.3 is 0 Å². The van der Waals surface area contributed by atoms with Crippen molar-refractivity contribution in [3.63, 3.8) is 0 Å². The average molecular weight is 318 g/mol. The van der Waals surface area contributed by atoms with Gasteiger partial charge in [0.2, 0.25) is 0 Å². The number of rotatable bonds is 3. The van der Waals surface area contributed by atoms with E-state index in [-0.39, 0.29) is 17.4 Å². The molecule has 0 bridgehead atoms. The first-order valence-corrected chi connectivity index (χ1v) is 7.41. The quantitative estimate of drug-likeness (QED) is 0.869. The lowest BCUT2D eigenvalue weighted by molar-refractivity contribution is 0.0968. The molecule has 1 atom stereocenters. The van der Waals surface area contributed by atoms with Crippen molar-refractivity contribution in [2.24, 2.45) is 0 Å². The Morgan fingerprint density at radius 3 is 3.12 bits per heavy atom. The molecule has 1 saturated heterocycles. The molecule has 1 heterocycles. The van der Waals surface area contributed by atoms with Gasteiger partial charge in [-0.15, -0.1) is 0 Å². The Bertz CT molecular complexity index is 421. The molecule has 1 aromatic carbocycles. The standard InChI is InChI=1S/C12H13BrFNOS/c13-8-1-2-11(14)10(5-8)12(16)6-9-7-17-4-3-15-9/h1-2,5,9,15H,3-4,6-7H2. The highest BCUT2D eigenvalue weighted by molar-refractivity contribution is 9.10. The number of thioether (sulfide) groups is 1. The van der Waals surface area contributed by atoms with Crippen molar-refractivity contribution in [3.8, 4) is 0 Å². The third-order valence-corrected chi connectivity index (χ3v) is 4.28. The molecule has 1 N–H and O–H groups in total. The van der Waals surface area contributed by atoms with Gasteiger partial charge in [-0.3, -0.25) is 4.79 Å². The van der Waals surface area contributed by atoms with Crippen LogP contribution in [0.15, 0.2) is 22.7 Å². The molecule has 1 fully saturated rings. The summed E-state index contributed by atoms with van der Waals surface area (Å²) >= 11 is 5.08. The van der Waals surface area contributed by atoms with Gasteiger partial charge in [-0.25, -0.2) is 4.39 Å². The summed E-state index contributed by atoms with van der Waals surface area (Å²) in [5, 5.41) is 3.28. The third kappa shape index (κ3) is 3.53. The molecule has 0 aliphatic carbocycles. The summed E-state index contributed by atoms with van der Waals surface area (Å²) in [7, 11) is 0. The van der Waals surface area contributed by atoms with Gasteiger partial charge in [0.1, 0.15) is 5.82 Å². The molecule has 0 aromatic heterocycles. The molecule has 0 radical (unpaired) electrons. The largest absolute Gasteiger partial charge is 0.312 e. The monoisotopic (exact) mass is 317 g/mol. The van der Waals surface area contributed by atoms with Crippen molar-refractivity contribution in [3.05, 3.63) is 34.1 Å². The van der Waals surface area contributed by atoms with E-state index in [2.05, 4.69) is 21.2 Å². The fourth-order valence-corrected chi connectivity index (χ4v) is 3.11. The molecule has 1 aliphatic heterocycles. The minimum absolute atomic E-state index is 0.135. The summed E-state index contributed by atoms with van der Waals surface area (Å²) in [6.07, 6.45) is 0.361. The number of halogens is 2.